The van der Waals surface area contributed by atoms with Crippen molar-refractivity contribution in [2.75, 3.05) is 0 Å². The lowest BCUT2D eigenvalue weighted by Gasteiger charge is -2.44. The van der Waals surface area contributed by atoms with E-state index in [4.69, 9.17) is 0 Å². The number of fused-ring (bicyclic) bond motifs is 1. The molecule has 2 nitrogen and oxygen atoms in total. The first-order valence-corrected chi connectivity index (χ1v) is 5.34. The highest BCUT2D eigenvalue weighted by Crippen LogP contribution is 2.55. The summed E-state index contributed by atoms with van der Waals surface area (Å²) in [5.41, 5.74) is -0.998. The van der Waals surface area contributed by atoms with Crippen molar-refractivity contribution in [1.29, 1.82) is 0 Å². The van der Waals surface area contributed by atoms with Gasteiger partial charge in [-0.1, -0.05) is 12.8 Å². The minimum atomic E-state index is -0.642. The van der Waals surface area contributed by atoms with Gasteiger partial charge in [0.1, 0.15) is 5.78 Å². The number of hydrogen-bond acceptors (Lipinski definition) is 2. The Morgan fingerprint density at radius 2 is 1.62 bits per heavy atom. The Hall–Kier alpha value is -0.370. The number of carbonyl (C=O) groups is 1. The second-order valence-electron chi connectivity index (χ2n) is 4.73. The molecule has 2 aliphatic rings. The maximum absolute atomic E-state index is 11.6. The molecule has 0 bridgehead atoms. The molecular weight excluding hydrogens is 164 g/mol. The number of hydrogen-bond donors (Lipinski definition) is 1. The van der Waals surface area contributed by atoms with Gasteiger partial charge in [0.2, 0.25) is 0 Å². The molecule has 0 heterocycles. The maximum Gasteiger partial charge on any atom is 0.138 e. The van der Waals surface area contributed by atoms with Crippen molar-refractivity contribution in [2.45, 2.75) is 57.5 Å². The standard InChI is InChI=1S/C11H18O2/c1-9(12)10-5-2-3-7-11(10,13)8-4-6-10/h13H,2-8H2,1H3. The van der Waals surface area contributed by atoms with E-state index in [1.54, 1.807) is 6.92 Å². The highest BCUT2D eigenvalue weighted by Gasteiger charge is 2.57. The molecule has 0 spiro atoms. The molecule has 13 heavy (non-hydrogen) atoms. The zero-order chi connectivity index (χ0) is 9.53. The van der Waals surface area contributed by atoms with E-state index < -0.39 is 5.60 Å². The first-order chi connectivity index (χ1) is 6.11. The van der Waals surface area contributed by atoms with Gasteiger partial charge in [-0.2, -0.15) is 0 Å². The smallest absolute Gasteiger partial charge is 0.138 e. The molecule has 74 valence electrons. The molecule has 2 aliphatic carbocycles. The highest BCUT2D eigenvalue weighted by molar-refractivity contribution is 5.84. The fourth-order valence-corrected chi connectivity index (χ4v) is 3.40. The van der Waals surface area contributed by atoms with Crippen molar-refractivity contribution in [3.63, 3.8) is 0 Å². The fraction of sp³-hybridized carbons (Fsp3) is 0.909. The summed E-state index contributed by atoms with van der Waals surface area (Å²) in [6.07, 6.45) is 6.74. The van der Waals surface area contributed by atoms with Crippen molar-refractivity contribution in [3.05, 3.63) is 0 Å². The van der Waals surface area contributed by atoms with E-state index >= 15 is 0 Å². The van der Waals surface area contributed by atoms with Crippen LogP contribution < -0.4 is 0 Å². The third-order valence-electron chi connectivity index (χ3n) is 4.20. The predicted molar refractivity (Wildman–Crippen MR) is 50.4 cm³/mol. The van der Waals surface area contributed by atoms with Crippen LogP contribution in [0.15, 0.2) is 0 Å². The highest BCUT2D eigenvalue weighted by atomic mass is 16.3. The summed E-state index contributed by atoms with van der Waals surface area (Å²) < 4.78 is 0. The lowest BCUT2D eigenvalue weighted by atomic mass is 9.63. The van der Waals surface area contributed by atoms with Gasteiger partial charge in [0, 0.05) is 0 Å². The van der Waals surface area contributed by atoms with Crippen molar-refractivity contribution in [3.8, 4) is 0 Å². The Morgan fingerprint density at radius 3 is 2.23 bits per heavy atom. The first-order valence-electron chi connectivity index (χ1n) is 5.34. The Labute approximate surface area is 79.3 Å². The van der Waals surface area contributed by atoms with E-state index in [0.717, 1.165) is 44.9 Å². The van der Waals surface area contributed by atoms with E-state index in [2.05, 4.69) is 0 Å². The second kappa shape index (κ2) is 2.81. The topological polar surface area (TPSA) is 37.3 Å². The van der Waals surface area contributed by atoms with Crippen LogP contribution in [0.3, 0.4) is 0 Å². The molecule has 2 heteroatoms. The van der Waals surface area contributed by atoms with Gasteiger partial charge in [-0.05, 0) is 39.0 Å². The van der Waals surface area contributed by atoms with Gasteiger partial charge >= 0.3 is 0 Å². The molecule has 2 atom stereocenters. The fourth-order valence-electron chi connectivity index (χ4n) is 3.40. The van der Waals surface area contributed by atoms with Gasteiger partial charge in [0.05, 0.1) is 11.0 Å². The monoisotopic (exact) mass is 182 g/mol. The van der Waals surface area contributed by atoms with Crippen molar-refractivity contribution < 1.29 is 9.90 Å². The van der Waals surface area contributed by atoms with E-state index in [9.17, 15) is 9.90 Å². The normalized spacial score (nSPS) is 44.5. The largest absolute Gasteiger partial charge is 0.389 e. The molecular formula is C11H18O2. The lowest BCUT2D eigenvalue weighted by molar-refractivity contribution is -0.148. The summed E-state index contributed by atoms with van der Waals surface area (Å²) in [5, 5.41) is 10.4. The van der Waals surface area contributed by atoms with Gasteiger partial charge in [-0.3, -0.25) is 4.79 Å². The second-order valence-corrected chi connectivity index (χ2v) is 4.73. The lowest BCUT2D eigenvalue weighted by Crippen LogP contribution is -2.50. The van der Waals surface area contributed by atoms with Crippen LogP contribution in [0.5, 0.6) is 0 Å². The molecule has 0 amide bonds. The molecule has 0 aliphatic heterocycles. The first kappa shape index (κ1) is 9.20. The SMILES string of the molecule is CC(=O)C12CCCCC1(O)CCC2. The molecule has 2 unspecified atom stereocenters. The Balaban J connectivity index is 2.35. The zero-order valence-electron chi connectivity index (χ0n) is 8.31. The summed E-state index contributed by atoms with van der Waals surface area (Å²) in [6, 6.07) is 0. The van der Waals surface area contributed by atoms with Crippen LogP contribution >= 0.6 is 0 Å². The summed E-state index contributed by atoms with van der Waals surface area (Å²) in [7, 11) is 0. The van der Waals surface area contributed by atoms with Crippen LogP contribution in [0, 0.1) is 5.41 Å². The zero-order valence-corrected chi connectivity index (χ0v) is 8.31. The minimum Gasteiger partial charge on any atom is -0.389 e. The number of ketones is 1. The number of rotatable bonds is 1. The molecule has 1 N–H and O–H groups in total. The predicted octanol–water partition coefficient (Wildman–Crippen LogP) is 2.05. The van der Waals surface area contributed by atoms with Gasteiger partial charge < -0.3 is 5.11 Å². The van der Waals surface area contributed by atoms with Crippen LogP contribution in [-0.2, 0) is 4.79 Å². The van der Waals surface area contributed by atoms with Gasteiger partial charge in [0.15, 0.2) is 0 Å². The van der Waals surface area contributed by atoms with Crippen LogP contribution in [-0.4, -0.2) is 16.5 Å². The van der Waals surface area contributed by atoms with Crippen molar-refractivity contribution in [1.82, 2.24) is 0 Å². The van der Waals surface area contributed by atoms with Crippen LogP contribution in [0.25, 0.3) is 0 Å². The van der Waals surface area contributed by atoms with Gasteiger partial charge in [-0.25, -0.2) is 0 Å². The molecule has 2 saturated carbocycles. The van der Waals surface area contributed by atoms with Gasteiger partial charge in [0.25, 0.3) is 0 Å². The van der Waals surface area contributed by atoms with Crippen LogP contribution in [0.4, 0.5) is 0 Å². The summed E-state index contributed by atoms with van der Waals surface area (Å²) in [5.74, 6) is 0.215. The summed E-state index contributed by atoms with van der Waals surface area (Å²) in [6.45, 7) is 1.65. The number of aliphatic hydroxyl groups is 1. The molecule has 2 fully saturated rings. The average Bonchev–Trinajstić information content (AvgIpc) is 2.42. The Morgan fingerprint density at radius 1 is 1.08 bits per heavy atom. The summed E-state index contributed by atoms with van der Waals surface area (Å²) in [4.78, 5) is 11.6. The number of Topliss-reactive ketones (excluding diaryl/α,β-unsaturated/α-hetero) is 1. The molecule has 0 aromatic heterocycles. The minimum absolute atomic E-state index is 0.215. The molecule has 2 rings (SSSR count). The van der Waals surface area contributed by atoms with Crippen molar-refractivity contribution >= 4 is 5.78 Å². The van der Waals surface area contributed by atoms with E-state index in [0.29, 0.717) is 0 Å². The Bertz CT molecular complexity index is 236. The van der Waals surface area contributed by atoms with Gasteiger partial charge in [-0.15, -0.1) is 0 Å². The third-order valence-corrected chi connectivity index (χ3v) is 4.20. The number of carbonyl (C=O) groups excluding carboxylic acids is 1. The molecule has 0 radical (unpaired) electrons. The quantitative estimate of drug-likeness (QED) is 0.674. The van der Waals surface area contributed by atoms with Crippen LogP contribution in [0.1, 0.15) is 51.9 Å². The third kappa shape index (κ3) is 1.08. The maximum atomic E-state index is 11.6. The van der Waals surface area contributed by atoms with E-state index in [-0.39, 0.29) is 11.2 Å². The molecule has 0 aromatic carbocycles. The van der Waals surface area contributed by atoms with E-state index in [1.165, 1.54) is 0 Å². The molecule has 0 aromatic rings. The van der Waals surface area contributed by atoms with Crippen molar-refractivity contribution in [2.24, 2.45) is 5.41 Å². The summed E-state index contributed by atoms with van der Waals surface area (Å²) >= 11 is 0. The van der Waals surface area contributed by atoms with Crippen LogP contribution in [0.2, 0.25) is 0 Å². The van der Waals surface area contributed by atoms with E-state index in [1.807, 2.05) is 0 Å². The molecule has 0 saturated heterocycles. The average molecular weight is 182 g/mol. The Kier molecular flexibility index (Phi) is 1.99.